The molecule has 1 aliphatic heterocycles. The molecular formula is C22H21BrN4O2. The largest absolute Gasteiger partial charge is 0.439 e. The summed E-state index contributed by atoms with van der Waals surface area (Å²) in [5, 5.41) is 0. The number of carbonyl (C=O) groups excluding carboxylic acids is 1. The SMILES string of the molecule is Cc1nc(Oc2ccccc2)cc(N2CCN(C(=O)c3ccc(Br)cc3)CC2)n1. The molecule has 3 aromatic rings. The van der Waals surface area contributed by atoms with Crippen molar-refractivity contribution in [3.8, 4) is 11.6 Å². The summed E-state index contributed by atoms with van der Waals surface area (Å²) in [6.07, 6.45) is 0. The average molecular weight is 453 g/mol. The Hall–Kier alpha value is -2.93. The lowest BCUT2D eigenvalue weighted by Crippen LogP contribution is -2.49. The highest BCUT2D eigenvalue weighted by Gasteiger charge is 2.23. The molecule has 1 fully saturated rings. The van der Waals surface area contributed by atoms with Crippen LogP contribution in [0.3, 0.4) is 0 Å². The molecule has 0 saturated carbocycles. The highest BCUT2D eigenvalue weighted by atomic mass is 79.9. The Morgan fingerprint density at radius 1 is 0.966 bits per heavy atom. The summed E-state index contributed by atoms with van der Waals surface area (Å²) in [5.74, 6) is 2.79. The van der Waals surface area contributed by atoms with E-state index in [1.807, 2.05) is 72.5 Å². The van der Waals surface area contributed by atoms with Crippen molar-refractivity contribution < 1.29 is 9.53 Å². The topological polar surface area (TPSA) is 58.6 Å². The molecule has 29 heavy (non-hydrogen) atoms. The Morgan fingerprint density at radius 2 is 1.66 bits per heavy atom. The van der Waals surface area contributed by atoms with Gasteiger partial charge in [0.25, 0.3) is 5.91 Å². The fourth-order valence-electron chi connectivity index (χ4n) is 3.26. The highest BCUT2D eigenvalue weighted by Crippen LogP contribution is 2.24. The number of para-hydroxylation sites is 1. The standard InChI is InChI=1S/C22H21BrN4O2/c1-16-24-20(15-21(25-16)29-19-5-3-2-4-6-19)26-11-13-27(14-12-26)22(28)17-7-9-18(23)10-8-17/h2-10,15H,11-14H2,1H3. The van der Waals surface area contributed by atoms with Crippen LogP contribution in [0.1, 0.15) is 16.2 Å². The third kappa shape index (κ3) is 4.74. The third-order valence-electron chi connectivity index (χ3n) is 4.75. The molecule has 148 valence electrons. The molecule has 0 spiro atoms. The second-order valence-electron chi connectivity index (χ2n) is 6.81. The number of hydrogen-bond acceptors (Lipinski definition) is 5. The lowest BCUT2D eigenvalue weighted by molar-refractivity contribution is 0.0746. The molecule has 1 aliphatic rings. The van der Waals surface area contributed by atoms with E-state index in [1.165, 1.54) is 0 Å². The Kier molecular flexibility index (Phi) is 5.76. The van der Waals surface area contributed by atoms with Crippen molar-refractivity contribution in [2.45, 2.75) is 6.92 Å². The van der Waals surface area contributed by atoms with Gasteiger partial charge in [0.05, 0.1) is 0 Å². The first-order valence-corrected chi connectivity index (χ1v) is 10.3. The van der Waals surface area contributed by atoms with Crippen molar-refractivity contribution in [2.75, 3.05) is 31.1 Å². The van der Waals surface area contributed by atoms with Crippen LogP contribution in [0, 0.1) is 6.92 Å². The fraction of sp³-hybridized carbons (Fsp3) is 0.227. The predicted molar refractivity (Wildman–Crippen MR) is 116 cm³/mol. The first-order chi connectivity index (χ1) is 14.1. The van der Waals surface area contributed by atoms with Gasteiger partial charge in [0.15, 0.2) is 0 Å². The van der Waals surface area contributed by atoms with Crippen molar-refractivity contribution in [1.29, 1.82) is 0 Å². The van der Waals surface area contributed by atoms with Crippen LogP contribution in [0.4, 0.5) is 5.82 Å². The molecule has 2 aromatic carbocycles. The average Bonchev–Trinajstić information content (AvgIpc) is 2.74. The van der Waals surface area contributed by atoms with Crippen LogP contribution in [0.25, 0.3) is 0 Å². The maximum absolute atomic E-state index is 12.7. The number of hydrogen-bond donors (Lipinski definition) is 0. The molecule has 1 aromatic heterocycles. The highest BCUT2D eigenvalue weighted by molar-refractivity contribution is 9.10. The molecule has 0 atom stereocenters. The van der Waals surface area contributed by atoms with E-state index >= 15 is 0 Å². The quantitative estimate of drug-likeness (QED) is 0.590. The second kappa shape index (κ2) is 8.61. The molecule has 1 amide bonds. The van der Waals surface area contributed by atoms with Crippen molar-refractivity contribution in [3.63, 3.8) is 0 Å². The lowest BCUT2D eigenvalue weighted by atomic mass is 10.2. The van der Waals surface area contributed by atoms with Crippen molar-refractivity contribution in [3.05, 3.63) is 76.5 Å². The second-order valence-corrected chi connectivity index (χ2v) is 7.73. The van der Waals surface area contributed by atoms with Gasteiger partial charge >= 0.3 is 0 Å². The zero-order valence-electron chi connectivity index (χ0n) is 16.1. The molecule has 0 unspecified atom stereocenters. The van der Waals surface area contributed by atoms with Gasteiger partial charge in [-0.25, -0.2) is 4.98 Å². The third-order valence-corrected chi connectivity index (χ3v) is 5.28. The summed E-state index contributed by atoms with van der Waals surface area (Å²) < 4.78 is 6.84. The monoisotopic (exact) mass is 452 g/mol. The van der Waals surface area contributed by atoms with Crippen LogP contribution >= 0.6 is 15.9 Å². The maximum atomic E-state index is 12.7. The summed E-state index contributed by atoms with van der Waals surface area (Å²) >= 11 is 3.40. The summed E-state index contributed by atoms with van der Waals surface area (Å²) in [5.41, 5.74) is 0.707. The van der Waals surface area contributed by atoms with Gasteiger partial charge in [-0.05, 0) is 43.3 Å². The van der Waals surface area contributed by atoms with Crippen molar-refractivity contribution >= 4 is 27.7 Å². The van der Waals surface area contributed by atoms with Crippen LogP contribution in [0.5, 0.6) is 11.6 Å². The van der Waals surface area contributed by atoms with E-state index in [-0.39, 0.29) is 5.91 Å². The van der Waals surface area contributed by atoms with Gasteiger partial charge in [0.2, 0.25) is 5.88 Å². The number of piperazine rings is 1. The number of carbonyl (C=O) groups is 1. The summed E-state index contributed by atoms with van der Waals surface area (Å²) in [4.78, 5) is 25.7. The minimum atomic E-state index is 0.0594. The molecule has 2 heterocycles. The number of aromatic nitrogens is 2. The van der Waals surface area contributed by atoms with Gasteiger partial charge in [-0.1, -0.05) is 34.1 Å². The number of benzene rings is 2. The molecule has 0 N–H and O–H groups in total. The number of aryl methyl sites for hydroxylation is 1. The molecule has 4 rings (SSSR count). The predicted octanol–water partition coefficient (Wildman–Crippen LogP) is 4.30. The van der Waals surface area contributed by atoms with Crippen LogP contribution in [0.15, 0.2) is 65.1 Å². The van der Waals surface area contributed by atoms with Crippen molar-refractivity contribution in [1.82, 2.24) is 14.9 Å². The molecule has 0 radical (unpaired) electrons. The molecule has 1 saturated heterocycles. The van der Waals surface area contributed by atoms with Crippen LogP contribution in [0.2, 0.25) is 0 Å². The van der Waals surface area contributed by atoms with E-state index < -0.39 is 0 Å². The van der Waals surface area contributed by atoms with Crippen molar-refractivity contribution in [2.24, 2.45) is 0 Å². The Bertz CT molecular complexity index is 987. The van der Waals surface area contributed by atoms with Gasteiger partial charge in [-0.15, -0.1) is 0 Å². The van der Waals surface area contributed by atoms with Crippen LogP contribution in [-0.4, -0.2) is 47.0 Å². The van der Waals surface area contributed by atoms with E-state index in [4.69, 9.17) is 4.74 Å². The molecule has 0 aliphatic carbocycles. The van der Waals surface area contributed by atoms with Gasteiger partial charge < -0.3 is 14.5 Å². The molecule has 7 heteroatoms. The Balaban J connectivity index is 1.43. The van der Waals surface area contributed by atoms with E-state index in [0.29, 0.717) is 43.4 Å². The number of halogens is 1. The van der Waals surface area contributed by atoms with E-state index in [0.717, 1.165) is 16.0 Å². The van der Waals surface area contributed by atoms with Gasteiger partial charge in [-0.2, -0.15) is 4.98 Å². The van der Waals surface area contributed by atoms with Gasteiger partial charge in [-0.3, -0.25) is 4.79 Å². The number of rotatable bonds is 4. The number of amides is 1. The first kappa shape index (κ1) is 19.4. The maximum Gasteiger partial charge on any atom is 0.253 e. The first-order valence-electron chi connectivity index (χ1n) is 9.47. The number of nitrogens with zero attached hydrogens (tertiary/aromatic N) is 4. The molecular weight excluding hydrogens is 432 g/mol. The van der Waals surface area contributed by atoms with Gasteiger partial charge in [0.1, 0.15) is 17.4 Å². The summed E-state index contributed by atoms with van der Waals surface area (Å²) in [6.45, 7) is 4.57. The molecule has 6 nitrogen and oxygen atoms in total. The smallest absolute Gasteiger partial charge is 0.253 e. The Morgan fingerprint density at radius 3 is 2.34 bits per heavy atom. The zero-order chi connectivity index (χ0) is 20.2. The fourth-order valence-corrected chi connectivity index (χ4v) is 3.53. The minimum absolute atomic E-state index is 0.0594. The normalized spacial score (nSPS) is 14.0. The van der Waals surface area contributed by atoms with E-state index in [9.17, 15) is 4.79 Å². The summed E-state index contributed by atoms with van der Waals surface area (Å²) in [7, 11) is 0. The van der Waals surface area contributed by atoms with Gasteiger partial charge in [0, 0.05) is 42.3 Å². The minimum Gasteiger partial charge on any atom is -0.439 e. The lowest BCUT2D eigenvalue weighted by Gasteiger charge is -2.35. The molecule has 0 bridgehead atoms. The Labute approximate surface area is 178 Å². The summed E-state index contributed by atoms with van der Waals surface area (Å²) in [6, 6.07) is 18.9. The zero-order valence-corrected chi connectivity index (χ0v) is 17.7. The van der Waals surface area contributed by atoms with Crippen LogP contribution < -0.4 is 9.64 Å². The van der Waals surface area contributed by atoms with E-state index in [1.54, 1.807) is 0 Å². The van der Waals surface area contributed by atoms with Crippen LogP contribution in [-0.2, 0) is 0 Å². The number of ether oxygens (including phenoxy) is 1. The van der Waals surface area contributed by atoms with E-state index in [2.05, 4.69) is 30.8 Å². The number of anilines is 1.